The number of hydrogen-bond donors (Lipinski definition) is 2. The van der Waals surface area contributed by atoms with Crippen LogP contribution in [0.15, 0.2) is 6.33 Å². The van der Waals surface area contributed by atoms with Gasteiger partial charge in [-0.2, -0.15) is 5.10 Å². The summed E-state index contributed by atoms with van der Waals surface area (Å²) in [4.78, 5) is 19.9. The highest BCUT2D eigenvalue weighted by Gasteiger charge is 2.50. The maximum atomic E-state index is 11.6. The molecule has 6 rings (SSSR count). The van der Waals surface area contributed by atoms with Crippen LogP contribution >= 0.6 is 0 Å². The van der Waals surface area contributed by atoms with Gasteiger partial charge in [-0.1, -0.05) is 0 Å². The van der Waals surface area contributed by atoms with Crippen LogP contribution in [0.5, 0.6) is 0 Å². The van der Waals surface area contributed by atoms with Crippen LogP contribution < -0.4 is 5.73 Å². The number of aromatic carboxylic acids is 1. The summed E-state index contributed by atoms with van der Waals surface area (Å²) < 4.78 is 1.86. The summed E-state index contributed by atoms with van der Waals surface area (Å²) in [5.74, 6) is 2.02. The van der Waals surface area contributed by atoms with E-state index in [1.807, 2.05) is 4.68 Å². The van der Waals surface area contributed by atoms with Crippen LogP contribution in [0.4, 0.5) is 5.82 Å². The summed E-state index contributed by atoms with van der Waals surface area (Å²) in [5.41, 5.74) is 6.47. The SMILES string of the molecule is Nc1ncnc2c1c(C(=O)O)nn2C1C2CC3CC(C2)CC1C3. The molecule has 0 spiro atoms. The molecule has 0 aromatic carbocycles. The van der Waals surface area contributed by atoms with E-state index in [9.17, 15) is 9.90 Å². The predicted molar refractivity (Wildman–Crippen MR) is 82.8 cm³/mol. The zero-order chi connectivity index (χ0) is 15.7. The molecule has 0 unspecified atom stereocenters. The molecule has 0 saturated heterocycles. The molecule has 0 atom stereocenters. The number of carboxylic acid groups (broad SMARTS) is 1. The Morgan fingerprint density at radius 3 is 2.39 bits per heavy atom. The molecule has 0 amide bonds. The number of aromatic nitrogens is 4. The summed E-state index contributed by atoms with van der Waals surface area (Å²) in [6.07, 6.45) is 7.74. The third kappa shape index (κ3) is 1.76. The van der Waals surface area contributed by atoms with Crippen molar-refractivity contribution in [1.29, 1.82) is 0 Å². The molecule has 4 aliphatic rings. The van der Waals surface area contributed by atoms with Gasteiger partial charge in [-0.3, -0.25) is 0 Å². The van der Waals surface area contributed by atoms with Crippen molar-refractivity contribution in [2.75, 3.05) is 5.73 Å². The standard InChI is InChI=1S/C16H19N5O2/c17-14-11-12(16(22)23)20-21(15(11)19-6-18-14)13-9-2-7-1-8(4-9)5-10(13)3-7/h6-10,13H,1-5H2,(H,22,23)(H2,17,18,19). The number of hydrogen-bond acceptors (Lipinski definition) is 5. The van der Waals surface area contributed by atoms with E-state index in [4.69, 9.17) is 5.73 Å². The molecule has 2 heterocycles. The molecule has 0 radical (unpaired) electrons. The minimum Gasteiger partial charge on any atom is -0.476 e. The third-order valence-corrected chi connectivity index (χ3v) is 6.18. The van der Waals surface area contributed by atoms with Crippen LogP contribution in [0.3, 0.4) is 0 Å². The fraction of sp³-hybridized carbons (Fsp3) is 0.625. The maximum absolute atomic E-state index is 11.6. The molecule has 4 fully saturated rings. The summed E-state index contributed by atoms with van der Waals surface area (Å²) in [5, 5.41) is 14.3. The average molecular weight is 313 g/mol. The van der Waals surface area contributed by atoms with Gasteiger partial charge in [-0.15, -0.1) is 0 Å². The third-order valence-electron chi connectivity index (χ3n) is 6.18. The van der Waals surface area contributed by atoms with E-state index in [2.05, 4.69) is 15.1 Å². The second-order valence-corrected chi connectivity index (χ2v) is 7.48. The summed E-state index contributed by atoms with van der Waals surface area (Å²) >= 11 is 0. The Labute approximate surface area is 132 Å². The van der Waals surface area contributed by atoms with Crippen molar-refractivity contribution in [2.45, 2.75) is 38.1 Å². The van der Waals surface area contributed by atoms with E-state index in [1.54, 1.807) is 0 Å². The number of anilines is 1. The van der Waals surface area contributed by atoms with Crippen molar-refractivity contribution in [3.63, 3.8) is 0 Å². The van der Waals surface area contributed by atoms with E-state index in [0.717, 1.165) is 11.8 Å². The molecule has 0 aliphatic heterocycles. The largest absolute Gasteiger partial charge is 0.476 e. The number of fused-ring (bicyclic) bond motifs is 1. The van der Waals surface area contributed by atoms with Gasteiger partial charge < -0.3 is 10.8 Å². The van der Waals surface area contributed by atoms with E-state index < -0.39 is 5.97 Å². The Hall–Kier alpha value is -2.18. The molecule has 2 aromatic heterocycles. The summed E-state index contributed by atoms with van der Waals surface area (Å²) in [6, 6.07) is 0.257. The fourth-order valence-corrected chi connectivity index (χ4v) is 5.65. The number of nitrogens with two attached hydrogens (primary N) is 1. The van der Waals surface area contributed by atoms with Crippen molar-refractivity contribution in [3.05, 3.63) is 12.0 Å². The van der Waals surface area contributed by atoms with Gasteiger partial charge in [0.2, 0.25) is 0 Å². The Bertz CT molecular complexity index is 786. The van der Waals surface area contributed by atoms with E-state index in [1.165, 1.54) is 38.4 Å². The first-order valence-electron chi connectivity index (χ1n) is 8.33. The minimum absolute atomic E-state index is 0.0214. The van der Waals surface area contributed by atoms with E-state index >= 15 is 0 Å². The molecule has 7 nitrogen and oxygen atoms in total. The number of nitrogen functional groups attached to an aromatic ring is 1. The molecule has 120 valence electrons. The fourth-order valence-electron chi connectivity index (χ4n) is 5.65. The topological polar surface area (TPSA) is 107 Å². The first-order valence-corrected chi connectivity index (χ1v) is 8.33. The van der Waals surface area contributed by atoms with Gasteiger partial charge in [0.05, 0.1) is 11.4 Å². The van der Waals surface area contributed by atoms with Crippen LogP contribution in [-0.2, 0) is 0 Å². The first-order chi connectivity index (χ1) is 11.1. The molecule has 4 aliphatic carbocycles. The van der Waals surface area contributed by atoms with Gasteiger partial charge in [-0.05, 0) is 55.8 Å². The Kier molecular flexibility index (Phi) is 2.56. The molecule has 23 heavy (non-hydrogen) atoms. The van der Waals surface area contributed by atoms with Gasteiger partial charge in [0, 0.05) is 0 Å². The van der Waals surface area contributed by atoms with Gasteiger partial charge in [0.15, 0.2) is 11.3 Å². The molecule has 4 bridgehead atoms. The zero-order valence-electron chi connectivity index (χ0n) is 12.7. The molecule has 3 N–H and O–H groups in total. The van der Waals surface area contributed by atoms with Crippen LogP contribution in [0.1, 0.15) is 48.6 Å². The van der Waals surface area contributed by atoms with Crippen LogP contribution in [-0.4, -0.2) is 30.8 Å². The molecule has 2 aromatic rings. The van der Waals surface area contributed by atoms with Crippen molar-refractivity contribution >= 4 is 22.8 Å². The highest BCUT2D eigenvalue weighted by atomic mass is 16.4. The second kappa shape index (κ2) is 4.43. The Morgan fingerprint density at radius 1 is 1.13 bits per heavy atom. The summed E-state index contributed by atoms with van der Waals surface area (Å²) in [6.45, 7) is 0. The van der Waals surface area contributed by atoms with Gasteiger partial charge in [0.25, 0.3) is 0 Å². The number of nitrogens with zero attached hydrogens (tertiary/aromatic N) is 4. The smallest absolute Gasteiger partial charge is 0.357 e. The van der Waals surface area contributed by atoms with Crippen LogP contribution in [0.2, 0.25) is 0 Å². The normalized spacial score (nSPS) is 35.0. The second-order valence-electron chi connectivity index (χ2n) is 7.48. The number of rotatable bonds is 2. The van der Waals surface area contributed by atoms with Crippen LogP contribution in [0, 0.1) is 23.7 Å². The molecular formula is C16H19N5O2. The minimum atomic E-state index is -1.07. The molecular weight excluding hydrogens is 294 g/mol. The van der Waals surface area contributed by atoms with Crippen molar-refractivity contribution in [3.8, 4) is 0 Å². The number of carboxylic acids is 1. The van der Waals surface area contributed by atoms with Crippen molar-refractivity contribution < 1.29 is 9.90 Å². The Balaban J connectivity index is 1.69. The predicted octanol–water partition coefficient (Wildman–Crippen LogP) is 2.10. The van der Waals surface area contributed by atoms with E-state index in [-0.39, 0.29) is 17.6 Å². The van der Waals surface area contributed by atoms with Gasteiger partial charge in [-0.25, -0.2) is 19.4 Å². The lowest BCUT2D eigenvalue weighted by Crippen LogP contribution is -2.46. The average Bonchev–Trinajstić information content (AvgIpc) is 2.87. The zero-order valence-corrected chi connectivity index (χ0v) is 12.7. The van der Waals surface area contributed by atoms with Crippen LogP contribution in [0.25, 0.3) is 11.0 Å². The van der Waals surface area contributed by atoms with Gasteiger partial charge in [0.1, 0.15) is 12.1 Å². The number of carbonyl (C=O) groups is 1. The van der Waals surface area contributed by atoms with Crippen molar-refractivity contribution in [1.82, 2.24) is 19.7 Å². The maximum Gasteiger partial charge on any atom is 0.357 e. The lowest BCUT2D eigenvalue weighted by molar-refractivity contribution is -0.0323. The highest BCUT2D eigenvalue weighted by Crippen LogP contribution is 2.58. The molecule has 7 heteroatoms. The van der Waals surface area contributed by atoms with E-state index in [0.29, 0.717) is 22.9 Å². The quantitative estimate of drug-likeness (QED) is 0.879. The Morgan fingerprint density at radius 2 is 1.78 bits per heavy atom. The highest BCUT2D eigenvalue weighted by molar-refractivity contribution is 6.04. The van der Waals surface area contributed by atoms with Gasteiger partial charge >= 0.3 is 5.97 Å². The monoisotopic (exact) mass is 313 g/mol. The lowest BCUT2D eigenvalue weighted by Gasteiger charge is -2.54. The van der Waals surface area contributed by atoms with Crippen molar-refractivity contribution in [2.24, 2.45) is 23.7 Å². The molecule has 4 saturated carbocycles. The summed E-state index contributed by atoms with van der Waals surface area (Å²) in [7, 11) is 0. The first kappa shape index (κ1) is 13.3. The lowest BCUT2D eigenvalue weighted by atomic mass is 9.54.